The highest BCUT2D eigenvalue weighted by atomic mass is 16.2. The van der Waals surface area contributed by atoms with Gasteiger partial charge in [0, 0.05) is 44.0 Å². The van der Waals surface area contributed by atoms with Gasteiger partial charge in [0.1, 0.15) is 5.82 Å². The number of aromatic nitrogens is 3. The normalized spacial score (nSPS) is 11.0. The molecule has 4 rings (SSSR count). The first-order valence-corrected chi connectivity index (χ1v) is 9.53. The van der Waals surface area contributed by atoms with Crippen LogP contribution in [0, 0.1) is 0 Å². The molecule has 0 saturated heterocycles. The molecule has 8 heteroatoms. The number of fused-ring (bicyclic) bond motifs is 2. The van der Waals surface area contributed by atoms with Crippen LogP contribution >= 0.6 is 0 Å². The number of hydrogen-bond acceptors (Lipinski definition) is 4. The van der Waals surface area contributed by atoms with E-state index in [0.29, 0.717) is 22.3 Å². The molecule has 4 aromatic rings. The topological polar surface area (TPSA) is 98.0 Å². The summed E-state index contributed by atoms with van der Waals surface area (Å²) in [6.07, 6.45) is 2.07. The molecule has 0 atom stereocenters. The van der Waals surface area contributed by atoms with Crippen LogP contribution in [0.2, 0.25) is 0 Å². The zero-order chi connectivity index (χ0) is 21.3. The van der Waals surface area contributed by atoms with E-state index in [9.17, 15) is 14.4 Å². The van der Waals surface area contributed by atoms with Gasteiger partial charge in [-0.25, -0.2) is 4.98 Å². The molecule has 0 bridgehead atoms. The van der Waals surface area contributed by atoms with Gasteiger partial charge in [-0.05, 0) is 18.2 Å². The van der Waals surface area contributed by atoms with Crippen LogP contribution in [0.15, 0.2) is 59.5 Å². The molecule has 2 aromatic heterocycles. The predicted octanol–water partition coefficient (Wildman–Crippen LogP) is 1.82. The van der Waals surface area contributed by atoms with Crippen molar-refractivity contribution >= 4 is 33.6 Å². The Balaban J connectivity index is 1.41. The maximum absolute atomic E-state index is 12.5. The molecule has 0 unspecified atom stereocenters. The largest absolute Gasteiger partial charge is 0.350 e. The maximum Gasteiger partial charge on any atom is 0.271 e. The number of nitrogens with zero attached hydrogens (tertiary/aromatic N) is 3. The van der Waals surface area contributed by atoms with Crippen LogP contribution in [0.4, 0.5) is 0 Å². The number of hydrogen-bond donors (Lipinski definition) is 2. The van der Waals surface area contributed by atoms with Crippen LogP contribution in [0.1, 0.15) is 22.6 Å². The van der Waals surface area contributed by atoms with Crippen molar-refractivity contribution in [3.63, 3.8) is 0 Å². The van der Waals surface area contributed by atoms with Crippen molar-refractivity contribution < 1.29 is 9.59 Å². The lowest BCUT2D eigenvalue weighted by Gasteiger charge is -2.10. The van der Waals surface area contributed by atoms with Crippen molar-refractivity contribution in [3.8, 4) is 0 Å². The van der Waals surface area contributed by atoms with E-state index in [4.69, 9.17) is 0 Å². The number of aryl methyl sites for hydroxylation is 2. The van der Waals surface area contributed by atoms with Crippen molar-refractivity contribution in [1.29, 1.82) is 0 Å². The van der Waals surface area contributed by atoms with Crippen LogP contribution in [-0.2, 0) is 25.3 Å². The van der Waals surface area contributed by atoms with Gasteiger partial charge in [0.15, 0.2) is 0 Å². The molecule has 8 nitrogen and oxygen atoms in total. The number of hydrazine groups is 1. The summed E-state index contributed by atoms with van der Waals surface area (Å²) in [7, 11) is 3.50. The van der Waals surface area contributed by atoms with Crippen LogP contribution in [0.25, 0.3) is 21.8 Å². The van der Waals surface area contributed by atoms with E-state index < -0.39 is 5.91 Å². The van der Waals surface area contributed by atoms with Gasteiger partial charge in [0.25, 0.3) is 11.5 Å². The van der Waals surface area contributed by atoms with Gasteiger partial charge in [0.2, 0.25) is 5.91 Å². The monoisotopic (exact) mass is 403 g/mol. The Kier molecular flexibility index (Phi) is 5.05. The summed E-state index contributed by atoms with van der Waals surface area (Å²) >= 11 is 0. The maximum atomic E-state index is 12.5. The van der Waals surface area contributed by atoms with E-state index in [0.717, 1.165) is 10.9 Å². The van der Waals surface area contributed by atoms with E-state index in [-0.39, 0.29) is 24.3 Å². The summed E-state index contributed by atoms with van der Waals surface area (Å²) in [5.41, 5.74) is 6.74. The summed E-state index contributed by atoms with van der Waals surface area (Å²) < 4.78 is 3.31. The highest BCUT2D eigenvalue weighted by Gasteiger charge is 2.15. The lowest BCUT2D eigenvalue weighted by molar-refractivity contribution is -0.121. The summed E-state index contributed by atoms with van der Waals surface area (Å²) in [6, 6.07) is 14.6. The second-order valence-corrected chi connectivity index (χ2v) is 7.08. The summed E-state index contributed by atoms with van der Waals surface area (Å²) in [5.74, 6) is -0.253. The summed E-state index contributed by atoms with van der Waals surface area (Å²) in [5, 5.41) is 1.35. The van der Waals surface area contributed by atoms with Crippen LogP contribution in [0.5, 0.6) is 0 Å². The van der Waals surface area contributed by atoms with E-state index in [2.05, 4.69) is 15.8 Å². The number of benzene rings is 2. The van der Waals surface area contributed by atoms with E-state index in [1.807, 2.05) is 41.9 Å². The molecule has 2 N–H and O–H groups in total. The molecule has 0 spiro atoms. The average molecular weight is 403 g/mol. The third kappa shape index (κ3) is 3.55. The zero-order valence-corrected chi connectivity index (χ0v) is 16.7. The number of rotatable bonds is 4. The lowest BCUT2D eigenvalue weighted by atomic mass is 10.2. The van der Waals surface area contributed by atoms with Gasteiger partial charge in [-0.1, -0.05) is 30.3 Å². The van der Waals surface area contributed by atoms with Gasteiger partial charge in [-0.3, -0.25) is 29.8 Å². The lowest BCUT2D eigenvalue weighted by Crippen LogP contribution is -2.41. The summed E-state index contributed by atoms with van der Waals surface area (Å²) in [4.78, 5) is 41.7. The second-order valence-electron chi connectivity index (χ2n) is 7.08. The highest BCUT2D eigenvalue weighted by molar-refractivity contribution is 6.07. The molecular formula is C22H21N5O3. The van der Waals surface area contributed by atoms with Crippen LogP contribution in [-0.4, -0.2) is 25.9 Å². The Bertz CT molecular complexity index is 1340. The molecule has 152 valence electrons. The molecule has 2 amide bonds. The Morgan fingerprint density at radius 2 is 1.67 bits per heavy atom. The number of amides is 2. The summed E-state index contributed by atoms with van der Waals surface area (Å²) in [6.45, 7) is 0. The first kappa shape index (κ1) is 19.4. The Morgan fingerprint density at radius 3 is 2.47 bits per heavy atom. The quantitative estimate of drug-likeness (QED) is 0.508. The van der Waals surface area contributed by atoms with Gasteiger partial charge < -0.3 is 4.57 Å². The zero-order valence-electron chi connectivity index (χ0n) is 16.7. The van der Waals surface area contributed by atoms with Gasteiger partial charge in [-0.15, -0.1) is 0 Å². The van der Waals surface area contributed by atoms with Crippen molar-refractivity contribution in [3.05, 3.63) is 76.5 Å². The fraction of sp³-hybridized carbons (Fsp3) is 0.182. The minimum atomic E-state index is -0.392. The van der Waals surface area contributed by atoms with Crippen molar-refractivity contribution in [2.24, 2.45) is 14.1 Å². The second kappa shape index (κ2) is 7.82. The van der Waals surface area contributed by atoms with Crippen molar-refractivity contribution in [1.82, 2.24) is 25.0 Å². The Morgan fingerprint density at radius 1 is 0.967 bits per heavy atom. The molecule has 0 aliphatic rings. The minimum absolute atomic E-state index is 0.0778. The molecule has 0 aliphatic carbocycles. The molecule has 2 heterocycles. The third-order valence-electron chi connectivity index (χ3n) is 5.11. The first-order chi connectivity index (χ1) is 14.5. The number of nitrogens with one attached hydrogen (secondary N) is 2. The smallest absolute Gasteiger partial charge is 0.271 e. The van der Waals surface area contributed by atoms with E-state index in [1.54, 1.807) is 31.4 Å². The highest BCUT2D eigenvalue weighted by Crippen LogP contribution is 2.19. The van der Waals surface area contributed by atoms with Gasteiger partial charge >= 0.3 is 0 Å². The molecule has 0 fully saturated rings. The van der Waals surface area contributed by atoms with Gasteiger partial charge in [-0.2, -0.15) is 0 Å². The SMILES string of the molecule is Cn1c(CCC(=O)NNC(=O)c2cn(C)c3ccccc23)nc2ccccc2c1=O. The predicted molar refractivity (Wildman–Crippen MR) is 114 cm³/mol. The van der Waals surface area contributed by atoms with E-state index >= 15 is 0 Å². The van der Waals surface area contributed by atoms with Crippen LogP contribution < -0.4 is 16.4 Å². The number of para-hydroxylation sites is 2. The molecule has 0 radical (unpaired) electrons. The average Bonchev–Trinajstić information content (AvgIpc) is 3.10. The van der Waals surface area contributed by atoms with E-state index in [1.165, 1.54) is 4.57 Å². The Hall–Kier alpha value is -3.94. The number of carbonyl (C=O) groups is 2. The molecule has 0 aliphatic heterocycles. The van der Waals surface area contributed by atoms with Crippen molar-refractivity contribution in [2.75, 3.05) is 0 Å². The van der Waals surface area contributed by atoms with Gasteiger partial charge in [0.05, 0.1) is 16.5 Å². The van der Waals surface area contributed by atoms with Crippen LogP contribution in [0.3, 0.4) is 0 Å². The first-order valence-electron chi connectivity index (χ1n) is 9.53. The minimum Gasteiger partial charge on any atom is -0.350 e. The molecule has 0 saturated carbocycles. The fourth-order valence-corrected chi connectivity index (χ4v) is 3.49. The standard InChI is InChI=1S/C22H21N5O3/c1-26-13-16(14-7-4-6-10-18(14)26)21(29)25-24-20(28)12-11-19-23-17-9-5-3-8-15(17)22(30)27(19)2/h3-10,13H,11-12H2,1-2H3,(H,24,28)(H,25,29). The number of carbonyl (C=O) groups excluding carboxylic acids is 2. The Labute approximate surface area is 172 Å². The molecule has 2 aromatic carbocycles. The van der Waals surface area contributed by atoms with Crippen molar-refractivity contribution in [2.45, 2.75) is 12.8 Å². The molecule has 30 heavy (non-hydrogen) atoms. The fourth-order valence-electron chi connectivity index (χ4n) is 3.49. The third-order valence-corrected chi connectivity index (χ3v) is 5.11. The molecular weight excluding hydrogens is 382 g/mol.